The van der Waals surface area contributed by atoms with Crippen LogP contribution in [0.25, 0.3) is 0 Å². The highest BCUT2D eigenvalue weighted by Gasteiger charge is 2.30. The van der Waals surface area contributed by atoms with Gasteiger partial charge in [-0.25, -0.2) is 9.13 Å². The molecule has 0 aliphatic carbocycles. The molecule has 2 unspecified atom stereocenters. The second kappa shape index (κ2) is 73.5. The smallest absolute Gasteiger partial charge is 0.462 e. The van der Waals surface area contributed by atoms with Gasteiger partial charge in [0.1, 0.15) is 19.3 Å². The number of unbranched alkanes of at least 4 members (excludes halogenated alkanes) is 35. The number of carbonyl (C=O) groups excluding carboxylic acids is 4. The van der Waals surface area contributed by atoms with Crippen molar-refractivity contribution in [1.29, 1.82) is 0 Å². The Kier molecular flexibility index (Phi) is 70.8. The van der Waals surface area contributed by atoms with Gasteiger partial charge in [0.2, 0.25) is 0 Å². The number of carbonyl (C=O) groups is 4. The molecule has 5 atom stereocenters. The van der Waals surface area contributed by atoms with E-state index < -0.39 is 97.5 Å². The minimum absolute atomic E-state index is 0.0683. The number of hydrogen-bond donors (Lipinski definition) is 3. The molecule has 0 fully saturated rings. The number of rotatable bonds is 75. The number of phosphoric ester groups is 2. The van der Waals surface area contributed by atoms with Crippen molar-refractivity contribution in [2.75, 3.05) is 39.6 Å². The van der Waals surface area contributed by atoms with Gasteiger partial charge in [-0.2, -0.15) is 0 Å². The fourth-order valence-corrected chi connectivity index (χ4v) is 12.3. The van der Waals surface area contributed by atoms with Crippen LogP contribution in [0.15, 0.2) is 85.1 Å². The predicted molar refractivity (Wildman–Crippen MR) is 409 cm³/mol. The van der Waals surface area contributed by atoms with Crippen LogP contribution in [0.4, 0.5) is 0 Å². The molecule has 0 radical (unpaired) electrons. The van der Waals surface area contributed by atoms with Gasteiger partial charge in [0.05, 0.1) is 26.4 Å². The number of esters is 4. The fourth-order valence-electron chi connectivity index (χ4n) is 10.7. The monoisotopic (exact) mass is 1450 g/mol. The lowest BCUT2D eigenvalue weighted by atomic mass is 10.0. The van der Waals surface area contributed by atoms with Crippen LogP contribution in [0, 0.1) is 0 Å². The van der Waals surface area contributed by atoms with Gasteiger partial charge in [0.25, 0.3) is 0 Å². The molecule has 580 valence electrons. The predicted octanol–water partition coefficient (Wildman–Crippen LogP) is 23.0. The van der Waals surface area contributed by atoms with Gasteiger partial charge in [-0.05, 0) is 122 Å². The molecule has 0 spiro atoms. The van der Waals surface area contributed by atoms with E-state index >= 15 is 0 Å². The van der Waals surface area contributed by atoms with Crippen LogP contribution in [0.2, 0.25) is 0 Å². The number of ether oxygens (including phenoxy) is 4. The molecule has 0 aromatic heterocycles. The second-order valence-electron chi connectivity index (χ2n) is 26.7. The molecule has 0 aromatic carbocycles. The normalized spacial score (nSPS) is 14.3. The van der Waals surface area contributed by atoms with E-state index in [-0.39, 0.29) is 25.7 Å². The molecule has 0 saturated carbocycles. The summed E-state index contributed by atoms with van der Waals surface area (Å²) in [4.78, 5) is 72.9. The van der Waals surface area contributed by atoms with Gasteiger partial charge >= 0.3 is 39.5 Å². The summed E-state index contributed by atoms with van der Waals surface area (Å²) >= 11 is 0. The summed E-state index contributed by atoms with van der Waals surface area (Å²) in [7, 11) is -9.96. The summed E-state index contributed by atoms with van der Waals surface area (Å²) in [6.45, 7) is 4.77. The quantitative estimate of drug-likeness (QED) is 0.0169. The summed E-state index contributed by atoms with van der Waals surface area (Å²) in [6, 6.07) is 0. The van der Waals surface area contributed by atoms with Crippen LogP contribution in [-0.4, -0.2) is 96.7 Å². The van der Waals surface area contributed by atoms with Crippen molar-refractivity contribution in [1.82, 2.24) is 0 Å². The Labute approximate surface area is 608 Å². The van der Waals surface area contributed by atoms with Crippen LogP contribution in [0.5, 0.6) is 0 Å². The summed E-state index contributed by atoms with van der Waals surface area (Å²) < 4.78 is 68.5. The number of aliphatic hydroxyl groups is 1. The van der Waals surface area contributed by atoms with E-state index in [1.54, 1.807) is 0 Å². The molecular weight excluding hydrogens is 1310 g/mol. The standard InChI is InChI=1S/C81H144O17P2/c1-5-9-13-17-21-25-29-33-36-37-40-42-46-50-54-58-62-66-79(84)92-72-77(98-81(86)68-64-60-56-52-48-44-39-35-31-27-23-19-15-11-7-3)74-96-100(89,90)94-70-75(82)69-93-99(87,88)95-73-76(71-91-78(83)65-61-57-53-49-45-41-32-28-24-20-16-12-8-4)97-80(85)67-63-59-55-51-47-43-38-34-30-26-22-18-14-10-6-2/h21,23,25,27,33-36,38-40,42,50,54,75-77,82H,5-20,22,24,26,28-32,37,41,43-49,51-53,55-74H2,1-4H3,(H,87,88)(H,89,90)/b25-21-,27-23-,36-33-,38-34-,39-35-,42-40-,54-50-/t75-,76+,77+/m0/s1. The topological polar surface area (TPSA) is 237 Å². The van der Waals surface area contributed by atoms with Gasteiger partial charge in [-0.3, -0.25) is 37.3 Å². The molecule has 0 aliphatic rings. The summed E-state index contributed by atoms with van der Waals surface area (Å²) in [6.07, 6.45) is 75.6. The zero-order chi connectivity index (χ0) is 73.2. The Morgan fingerprint density at radius 3 is 0.820 bits per heavy atom. The molecule has 0 rings (SSSR count). The van der Waals surface area contributed by atoms with Crippen LogP contribution in [-0.2, 0) is 65.4 Å². The highest BCUT2D eigenvalue weighted by molar-refractivity contribution is 7.47. The second-order valence-corrected chi connectivity index (χ2v) is 29.6. The van der Waals surface area contributed by atoms with Crippen molar-refractivity contribution in [3.63, 3.8) is 0 Å². The van der Waals surface area contributed by atoms with Crippen molar-refractivity contribution in [2.45, 2.75) is 367 Å². The van der Waals surface area contributed by atoms with Gasteiger partial charge < -0.3 is 33.8 Å². The Morgan fingerprint density at radius 1 is 0.280 bits per heavy atom. The van der Waals surface area contributed by atoms with Crippen molar-refractivity contribution in [2.24, 2.45) is 0 Å². The van der Waals surface area contributed by atoms with E-state index in [9.17, 15) is 43.2 Å². The lowest BCUT2D eigenvalue weighted by Gasteiger charge is -2.21. The first-order chi connectivity index (χ1) is 48.7. The molecule has 3 N–H and O–H groups in total. The molecule has 0 bridgehead atoms. The van der Waals surface area contributed by atoms with Crippen molar-refractivity contribution in [3.05, 3.63) is 85.1 Å². The summed E-state index contributed by atoms with van der Waals surface area (Å²) in [5, 5.41) is 10.6. The fraction of sp³-hybridized carbons (Fsp3) is 0.778. The molecule has 100 heavy (non-hydrogen) atoms. The third-order valence-electron chi connectivity index (χ3n) is 16.8. The highest BCUT2D eigenvalue weighted by atomic mass is 31.2. The Hall–Kier alpha value is -3.76. The average Bonchev–Trinajstić information content (AvgIpc) is 0.945. The van der Waals surface area contributed by atoms with Crippen molar-refractivity contribution >= 4 is 39.5 Å². The zero-order valence-corrected chi connectivity index (χ0v) is 65.2. The van der Waals surface area contributed by atoms with E-state index in [1.165, 1.54) is 135 Å². The SMILES string of the molecule is CCCCC/C=C\C/C=C\C/C=C\C/C=C\CCCC(=O)OC[C@H](COP(=O)(O)OC[C@@H](O)COP(=O)(O)OC[C@@H](COC(=O)CCCCCCCCCCCCCCC)OC(=O)CCCCCCC/C=C\CCCCCCCC)OC(=O)CCCCCCC/C=C\C/C=C\CCCCC. The maximum absolute atomic E-state index is 13.1. The van der Waals surface area contributed by atoms with Crippen molar-refractivity contribution in [3.8, 4) is 0 Å². The Bertz CT molecular complexity index is 2230. The van der Waals surface area contributed by atoms with Gasteiger partial charge in [0, 0.05) is 25.7 Å². The molecule has 0 aliphatic heterocycles. The molecule has 0 amide bonds. The van der Waals surface area contributed by atoms with Crippen molar-refractivity contribution < 1.29 is 80.2 Å². The van der Waals surface area contributed by atoms with E-state index in [0.717, 1.165) is 128 Å². The number of aliphatic hydroxyl groups excluding tert-OH is 1. The van der Waals surface area contributed by atoms with Gasteiger partial charge in [-0.15, -0.1) is 0 Å². The third kappa shape index (κ3) is 72.6. The average molecular weight is 1450 g/mol. The third-order valence-corrected chi connectivity index (χ3v) is 18.7. The van der Waals surface area contributed by atoms with Crippen LogP contribution in [0.3, 0.4) is 0 Å². The van der Waals surface area contributed by atoms with Gasteiger partial charge in [0.15, 0.2) is 12.2 Å². The maximum Gasteiger partial charge on any atom is 0.472 e. The minimum atomic E-state index is -4.99. The Morgan fingerprint density at radius 2 is 0.500 bits per heavy atom. The lowest BCUT2D eigenvalue weighted by Crippen LogP contribution is -2.30. The molecule has 0 heterocycles. The Balaban J connectivity index is 5.40. The van der Waals surface area contributed by atoms with E-state index in [0.29, 0.717) is 32.1 Å². The first kappa shape index (κ1) is 96.2. The first-order valence-electron chi connectivity index (χ1n) is 39.8. The number of allylic oxidation sites excluding steroid dienone is 14. The molecule has 0 saturated heterocycles. The number of hydrogen-bond acceptors (Lipinski definition) is 15. The van der Waals surface area contributed by atoms with E-state index in [4.69, 9.17) is 37.0 Å². The first-order valence-corrected chi connectivity index (χ1v) is 42.8. The molecule has 17 nitrogen and oxygen atoms in total. The van der Waals surface area contributed by atoms with Crippen LogP contribution in [0.1, 0.15) is 349 Å². The maximum atomic E-state index is 13.1. The highest BCUT2D eigenvalue weighted by Crippen LogP contribution is 2.45. The number of phosphoric acid groups is 2. The molecule has 19 heteroatoms. The summed E-state index contributed by atoms with van der Waals surface area (Å²) in [5.74, 6) is -2.24. The zero-order valence-electron chi connectivity index (χ0n) is 63.4. The summed E-state index contributed by atoms with van der Waals surface area (Å²) in [5.41, 5.74) is 0. The minimum Gasteiger partial charge on any atom is -0.462 e. The van der Waals surface area contributed by atoms with E-state index in [1.807, 2.05) is 12.2 Å². The molecular formula is C81H144O17P2. The van der Waals surface area contributed by atoms with Crippen LogP contribution < -0.4 is 0 Å². The molecule has 0 aromatic rings. The van der Waals surface area contributed by atoms with Crippen LogP contribution >= 0.6 is 15.6 Å². The largest absolute Gasteiger partial charge is 0.472 e. The van der Waals surface area contributed by atoms with E-state index in [2.05, 4.69) is 101 Å². The lowest BCUT2D eigenvalue weighted by molar-refractivity contribution is -0.161. The van der Waals surface area contributed by atoms with Gasteiger partial charge in [-0.1, -0.05) is 286 Å².